The Hall–Kier alpha value is -1.69. The summed E-state index contributed by atoms with van der Waals surface area (Å²) in [6.45, 7) is 4.09. The first-order chi connectivity index (χ1) is 11.5. The Labute approximate surface area is 143 Å². The van der Waals surface area contributed by atoms with E-state index in [-0.39, 0.29) is 18.9 Å². The van der Waals surface area contributed by atoms with Gasteiger partial charge in [-0.15, -0.1) is 0 Å². The Morgan fingerprint density at radius 2 is 2.04 bits per heavy atom. The van der Waals surface area contributed by atoms with E-state index < -0.39 is 18.2 Å². The molecule has 1 aliphatic rings. The van der Waals surface area contributed by atoms with Crippen LogP contribution in [0.25, 0.3) is 0 Å². The third kappa shape index (κ3) is 5.74. The maximum Gasteiger partial charge on any atom is 0.305 e. The van der Waals surface area contributed by atoms with Crippen LogP contribution >= 0.6 is 0 Å². The summed E-state index contributed by atoms with van der Waals surface area (Å²) >= 11 is 0. The predicted molar refractivity (Wildman–Crippen MR) is 92.4 cm³/mol. The van der Waals surface area contributed by atoms with Gasteiger partial charge in [0.15, 0.2) is 0 Å². The molecular weight excluding hydrogens is 306 g/mol. The van der Waals surface area contributed by atoms with Gasteiger partial charge < -0.3 is 15.3 Å². The summed E-state index contributed by atoms with van der Waals surface area (Å²) in [6, 6.07) is 10.5. The lowest BCUT2D eigenvalue weighted by molar-refractivity contribution is -0.139. The SMILES string of the molecule is CC1CCN(Cc2ccccc2)C1C=C[C@@H](O)C[C@@H](O)CC(=O)O. The van der Waals surface area contributed by atoms with Gasteiger partial charge in [0.05, 0.1) is 18.6 Å². The van der Waals surface area contributed by atoms with Crippen molar-refractivity contribution in [2.45, 2.75) is 51.0 Å². The molecule has 0 spiro atoms. The summed E-state index contributed by atoms with van der Waals surface area (Å²) in [4.78, 5) is 12.9. The van der Waals surface area contributed by atoms with E-state index in [9.17, 15) is 15.0 Å². The molecule has 5 heteroatoms. The molecule has 0 aliphatic carbocycles. The molecule has 4 atom stereocenters. The maximum atomic E-state index is 10.6. The Morgan fingerprint density at radius 3 is 2.71 bits per heavy atom. The Kier molecular flexibility index (Phi) is 6.97. The van der Waals surface area contributed by atoms with E-state index in [0.717, 1.165) is 19.5 Å². The molecule has 1 saturated heterocycles. The van der Waals surface area contributed by atoms with E-state index >= 15 is 0 Å². The number of benzene rings is 1. The van der Waals surface area contributed by atoms with Gasteiger partial charge in [0.1, 0.15) is 0 Å². The fourth-order valence-corrected chi connectivity index (χ4v) is 3.25. The van der Waals surface area contributed by atoms with Crippen LogP contribution in [0.4, 0.5) is 0 Å². The summed E-state index contributed by atoms with van der Waals surface area (Å²) in [5.74, 6) is -0.557. The van der Waals surface area contributed by atoms with Gasteiger partial charge >= 0.3 is 5.97 Å². The van der Waals surface area contributed by atoms with E-state index in [4.69, 9.17) is 5.11 Å². The Balaban J connectivity index is 1.91. The lowest BCUT2D eigenvalue weighted by Gasteiger charge is -2.24. The number of hydrogen-bond acceptors (Lipinski definition) is 4. The average Bonchev–Trinajstić information content (AvgIpc) is 2.85. The highest BCUT2D eigenvalue weighted by atomic mass is 16.4. The minimum Gasteiger partial charge on any atom is -0.481 e. The summed E-state index contributed by atoms with van der Waals surface area (Å²) in [5.41, 5.74) is 1.27. The van der Waals surface area contributed by atoms with Gasteiger partial charge in [0, 0.05) is 19.0 Å². The molecule has 2 rings (SSSR count). The molecular formula is C19H27NO4. The minimum absolute atomic E-state index is 0.0442. The van der Waals surface area contributed by atoms with Crippen LogP contribution in [0.5, 0.6) is 0 Å². The zero-order valence-corrected chi connectivity index (χ0v) is 14.1. The van der Waals surface area contributed by atoms with Crippen LogP contribution in [-0.2, 0) is 11.3 Å². The number of aliphatic carboxylic acids is 1. The Bertz CT molecular complexity index is 546. The van der Waals surface area contributed by atoms with Crippen molar-refractivity contribution in [1.29, 1.82) is 0 Å². The zero-order valence-electron chi connectivity index (χ0n) is 14.1. The van der Waals surface area contributed by atoms with E-state index in [1.807, 2.05) is 24.3 Å². The van der Waals surface area contributed by atoms with Crippen LogP contribution in [-0.4, -0.2) is 51.0 Å². The summed E-state index contributed by atoms with van der Waals surface area (Å²) in [6.07, 6.45) is 2.65. The highest BCUT2D eigenvalue weighted by Gasteiger charge is 2.29. The van der Waals surface area contributed by atoms with Crippen molar-refractivity contribution in [1.82, 2.24) is 4.90 Å². The number of rotatable bonds is 8. The number of likely N-dealkylation sites (tertiary alicyclic amines) is 1. The fraction of sp³-hybridized carbons (Fsp3) is 0.526. The molecule has 0 bridgehead atoms. The second kappa shape index (κ2) is 8.97. The van der Waals surface area contributed by atoms with E-state index in [1.54, 1.807) is 6.08 Å². The van der Waals surface area contributed by atoms with Gasteiger partial charge in [-0.05, 0) is 24.4 Å². The number of hydrogen-bond donors (Lipinski definition) is 3. The summed E-state index contributed by atoms with van der Waals surface area (Å²) in [7, 11) is 0. The number of carboxylic acid groups (broad SMARTS) is 1. The van der Waals surface area contributed by atoms with Crippen LogP contribution in [0.15, 0.2) is 42.5 Å². The fourth-order valence-electron chi connectivity index (χ4n) is 3.25. The molecule has 1 heterocycles. The predicted octanol–water partition coefficient (Wildman–Crippen LogP) is 2.04. The molecule has 1 fully saturated rings. The van der Waals surface area contributed by atoms with Crippen molar-refractivity contribution >= 4 is 5.97 Å². The number of carbonyl (C=O) groups is 1. The largest absolute Gasteiger partial charge is 0.481 e. The molecule has 3 N–H and O–H groups in total. The molecule has 0 radical (unpaired) electrons. The second-order valence-electron chi connectivity index (χ2n) is 6.65. The average molecular weight is 333 g/mol. The molecule has 132 valence electrons. The minimum atomic E-state index is -1.06. The van der Waals surface area contributed by atoms with Gasteiger partial charge in [0.2, 0.25) is 0 Å². The Morgan fingerprint density at radius 1 is 1.33 bits per heavy atom. The smallest absolute Gasteiger partial charge is 0.305 e. The van der Waals surface area contributed by atoms with E-state index in [2.05, 4.69) is 24.0 Å². The van der Waals surface area contributed by atoms with E-state index in [1.165, 1.54) is 5.56 Å². The third-order valence-electron chi connectivity index (χ3n) is 4.56. The van der Waals surface area contributed by atoms with Gasteiger partial charge in [-0.1, -0.05) is 49.4 Å². The topological polar surface area (TPSA) is 81.0 Å². The zero-order chi connectivity index (χ0) is 17.5. The first-order valence-electron chi connectivity index (χ1n) is 8.50. The van der Waals surface area contributed by atoms with Crippen molar-refractivity contribution in [2.24, 2.45) is 5.92 Å². The number of nitrogens with zero attached hydrogens (tertiary/aromatic N) is 1. The lowest BCUT2D eigenvalue weighted by Crippen LogP contribution is -2.30. The molecule has 1 aromatic carbocycles. The highest BCUT2D eigenvalue weighted by Crippen LogP contribution is 2.27. The standard InChI is InChI=1S/C19H27NO4/c1-14-9-10-20(13-15-5-3-2-4-6-15)18(14)8-7-16(21)11-17(22)12-19(23)24/h2-8,14,16-18,21-22H,9-13H2,1H3,(H,23,24)/t14?,16-,17-,18?/m1/s1. The first kappa shape index (κ1) is 18.6. The normalized spacial score (nSPS) is 24.3. The second-order valence-corrected chi connectivity index (χ2v) is 6.65. The molecule has 5 nitrogen and oxygen atoms in total. The summed E-state index contributed by atoms with van der Waals surface area (Å²) in [5, 5.41) is 28.2. The molecule has 2 unspecified atom stereocenters. The molecule has 0 saturated carbocycles. The van der Waals surface area contributed by atoms with Gasteiger partial charge in [0.25, 0.3) is 0 Å². The highest BCUT2D eigenvalue weighted by molar-refractivity contribution is 5.67. The van der Waals surface area contributed by atoms with Crippen molar-refractivity contribution < 1.29 is 20.1 Å². The molecule has 1 aromatic rings. The van der Waals surface area contributed by atoms with Crippen LogP contribution < -0.4 is 0 Å². The summed E-state index contributed by atoms with van der Waals surface area (Å²) < 4.78 is 0. The van der Waals surface area contributed by atoms with Crippen molar-refractivity contribution in [3.8, 4) is 0 Å². The number of aliphatic hydroxyl groups is 2. The van der Waals surface area contributed by atoms with Crippen molar-refractivity contribution in [3.63, 3.8) is 0 Å². The van der Waals surface area contributed by atoms with Crippen LogP contribution in [0.1, 0.15) is 31.7 Å². The van der Waals surface area contributed by atoms with Gasteiger partial charge in [-0.2, -0.15) is 0 Å². The van der Waals surface area contributed by atoms with E-state index in [0.29, 0.717) is 5.92 Å². The number of carboxylic acids is 1. The van der Waals surface area contributed by atoms with Crippen LogP contribution in [0.2, 0.25) is 0 Å². The van der Waals surface area contributed by atoms with Crippen molar-refractivity contribution in [3.05, 3.63) is 48.0 Å². The molecule has 0 aromatic heterocycles. The maximum absolute atomic E-state index is 10.6. The quantitative estimate of drug-likeness (QED) is 0.634. The lowest BCUT2D eigenvalue weighted by atomic mass is 10.0. The first-order valence-corrected chi connectivity index (χ1v) is 8.50. The van der Waals surface area contributed by atoms with Gasteiger partial charge in [-0.3, -0.25) is 9.69 Å². The molecule has 24 heavy (non-hydrogen) atoms. The van der Waals surface area contributed by atoms with Gasteiger partial charge in [-0.25, -0.2) is 0 Å². The molecule has 0 amide bonds. The molecule has 1 aliphatic heterocycles. The number of aliphatic hydroxyl groups excluding tert-OH is 2. The third-order valence-corrected chi connectivity index (χ3v) is 4.56. The monoisotopic (exact) mass is 333 g/mol. The van der Waals surface area contributed by atoms with Crippen LogP contribution in [0, 0.1) is 5.92 Å². The van der Waals surface area contributed by atoms with Crippen molar-refractivity contribution in [2.75, 3.05) is 6.54 Å². The van der Waals surface area contributed by atoms with Crippen LogP contribution in [0.3, 0.4) is 0 Å².